The highest BCUT2D eigenvalue weighted by molar-refractivity contribution is 6.33. The lowest BCUT2D eigenvalue weighted by molar-refractivity contribution is 0.100. The highest BCUT2D eigenvalue weighted by Crippen LogP contribution is 2.24. The van der Waals surface area contributed by atoms with Gasteiger partial charge in [0.15, 0.2) is 5.82 Å². The van der Waals surface area contributed by atoms with Gasteiger partial charge in [0, 0.05) is 5.69 Å². The van der Waals surface area contributed by atoms with Crippen LogP contribution >= 0.6 is 11.6 Å². The summed E-state index contributed by atoms with van der Waals surface area (Å²) >= 11 is 5.97. The van der Waals surface area contributed by atoms with Crippen LogP contribution in [0.3, 0.4) is 0 Å². The number of nitrogens with one attached hydrogen (secondary N) is 1. The lowest BCUT2D eigenvalue weighted by atomic mass is 10.1. The van der Waals surface area contributed by atoms with E-state index in [9.17, 15) is 4.79 Å². The molecule has 0 saturated heterocycles. The molecule has 0 bridgehead atoms. The molecule has 0 radical (unpaired) electrons. The number of tetrazole rings is 1. The number of aromatic nitrogens is 4. The zero-order chi connectivity index (χ0) is 17.1. The van der Waals surface area contributed by atoms with Gasteiger partial charge in [-0.15, -0.1) is 5.10 Å². The van der Waals surface area contributed by atoms with Crippen LogP contribution in [-0.2, 0) is 0 Å². The first-order chi connectivity index (χ1) is 11.6. The number of benzene rings is 2. The number of carbonyl (C=O) groups is 1. The third-order valence-corrected chi connectivity index (χ3v) is 3.83. The van der Waals surface area contributed by atoms with E-state index in [4.69, 9.17) is 17.3 Å². The summed E-state index contributed by atoms with van der Waals surface area (Å²) in [6.45, 7) is 1.92. The zero-order valence-electron chi connectivity index (χ0n) is 12.8. The maximum absolute atomic E-state index is 11.4. The largest absolute Gasteiger partial charge is 0.375 e. The molecule has 1 amide bonds. The zero-order valence-corrected chi connectivity index (χ0v) is 13.6. The minimum absolute atomic E-state index is 0.206. The predicted molar refractivity (Wildman–Crippen MR) is 91.2 cm³/mol. The maximum atomic E-state index is 11.4. The molecule has 24 heavy (non-hydrogen) atoms. The van der Waals surface area contributed by atoms with Crippen molar-refractivity contribution in [3.8, 4) is 5.69 Å². The number of primary amides is 1. The average Bonchev–Trinajstić information content (AvgIpc) is 3.07. The Morgan fingerprint density at radius 3 is 2.71 bits per heavy atom. The molecule has 1 heterocycles. The van der Waals surface area contributed by atoms with E-state index in [1.165, 1.54) is 0 Å². The Hall–Kier alpha value is -2.93. The lowest BCUT2D eigenvalue weighted by Gasteiger charge is -2.15. The van der Waals surface area contributed by atoms with Crippen LogP contribution in [0, 0.1) is 0 Å². The van der Waals surface area contributed by atoms with Crippen molar-refractivity contribution < 1.29 is 4.79 Å². The fourth-order valence-corrected chi connectivity index (χ4v) is 2.55. The van der Waals surface area contributed by atoms with Gasteiger partial charge in [0.2, 0.25) is 5.91 Å². The van der Waals surface area contributed by atoms with Crippen LogP contribution < -0.4 is 11.1 Å². The van der Waals surface area contributed by atoms with Gasteiger partial charge < -0.3 is 11.1 Å². The summed E-state index contributed by atoms with van der Waals surface area (Å²) in [5.41, 5.74) is 7.14. The van der Waals surface area contributed by atoms with Crippen molar-refractivity contribution in [3.05, 3.63) is 64.9 Å². The van der Waals surface area contributed by atoms with Crippen molar-refractivity contribution in [3.63, 3.8) is 0 Å². The number of carbonyl (C=O) groups excluding carboxylic acids is 1. The third-order valence-electron chi connectivity index (χ3n) is 3.50. The van der Waals surface area contributed by atoms with Crippen LogP contribution in [0.4, 0.5) is 5.69 Å². The van der Waals surface area contributed by atoms with E-state index in [0.29, 0.717) is 16.5 Å². The third kappa shape index (κ3) is 3.21. The van der Waals surface area contributed by atoms with Crippen molar-refractivity contribution in [2.45, 2.75) is 13.0 Å². The second-order valence-corrected chi connectivity index (χ2v) is 5.62. The molecule has 0 fully saturated rings. The van der Waals surface area contributed by atoms with Crippen molar-refractivity contribution >= 4 is 23.2 Å². The molecule has 3 rings (SSSR count). The van der Waals surface area contributed by atoms with Gasteiger partial charge in [-0.3, -0.25) is 4.79 Å². The van der Waals surface area contributed by atoms with Gasteiger partial charge in [0.25, 0.3) is 0 Å². The fraction of sp³-hybridized carbons (Fsp3) is 0.125. The first kappa shape index (κ1) is 15.9. The van der Waals surface area contributed by atoms with Gasteiger partial charge in [0.05, 0.1) is 22.3 Å². The monoisotopic (exact) mass is 342 g/mol. The summed E-state index contributed by atoms with van der Waals surface area (Å²) in [5, 5.41) is 15.4. The van der Waals surface area contributed by atoms with Crippen molar-refractivity contribution in [2.24, 2.45) is 5.73 Å². The second-order valence-electron chi connectivity index (χ2n) is 5.21. The first-order valence-corrected chi connectivity index (χ1v) is 7.63. The minimum Gasteiger partial charge on any atom is -0.375 e. The number of para-hydroxylation sites is 1. The van der Waals surface area contributed by atoms with E-state index >= 15 is 0 Å². The molecule has 0 unspecified atom stereocenters. The van der Waals surface area contributed by atoms with E-state index in [2.05, 4.69) is 20.8 Å². The Morgan fingerprint density at radius 1 is 1.25 bits per heavy atom. The number of rotatable bonds is 5. The maximum Gasteiger partial charge on any atom is 0.250 e. The molecule has 0 spiro atoms. The Kier molecular flexibility index (Phi) is 4.43. The summed E-state index contributed by atoms with van der Waals surface area (Å²) in [6.07, 6.45) is 0. The number of anilines is 1. The van der Waals surface area contributed by atoms with E-state index in [-0.39, 0.29) is 11.6 Å². The Balaban J connectivity index is 1.87. The number of amides is 1. The molecule has 0 saturated carbocycles. The van der Waals surface area contributed by atoms with Crippen molar-refractivity contribution in [1.29, 1.82) is 0 Å². The SMILES string of the molecule is C[C@@H](Nc1ccc(Cl)c(C(N)=O)c1)c1nnnn1-c1ccccc1. The van der Waals surface area contributed by atoms with Gasteiger partial charge in [-0.25, -0.2) is 0 Å². The molecule has 3 aromatic rings. The molecule has 122 valence electrons. The molecule has 0 aliphatic carbocycles. The number of nitrogens with two attached hydrogens (primary N) is 1. The molecular weight excluding hydrogens is 328 g/mol. The summed E-state index contributed by atoms with van der Waals surface area (Å²) in [6, 6.07) is 14.4. The van der Waals surface area contributed by atoms with Gasteiger partial charge in [-0.05, 0) is 47.7 Å². The first-order valence-electron chi connectivity index (χ1n) is 7.26. The van der Waals surface area contributed by atoms with Gasteiger partial charge in [0.1, 0.15) is 0 Å². The van der Waals surface area contributed by atoms with Crippen molar-refractivity contribution in [2.75, 3.05) is 5.32 Å². The number of hydrogen-bond acceptors (Lipinski definition) is 5. The highest BCUT2D eigenvalue weighted by atomic mass is 35.5. The molecule has 8 heteroatoms. The number of nitrogens with zero attached hydrogens (tertiary/aromatic N) is 4. The summed E-state index contributed by atoms with van der Waals surface area (Å²) in [5.74, 6) is 0.0576. The fourth-order valence-electron chi connectivity index (χ4n) is 2.34. The summed E-state index contributed by atoms with van der Waals surface area (Å²) in [4.78, 5) is 11.4. The van der Waals surface area contributed by atoms with E-state index in [1.54, 1.807) is 22.9 Å². The standard InChI is InChI=1S/C16H15ClN6O/c1-10(19-11-7-8-14(17)13(9-11)15(18)24)16-20-21-22-23(16)12-5-3-2-4-6-12/h2-10,19H,1H3,(H2,18,24)/t10-/m1/s1. The smallest absolute Gasteiger partial charge is 0.250 e. The van der Waals surface area contributed by atoms with Crippen molar-refractivity contribution in [1.82, 2.24) is 20.2 Å². The van der Waals surface area contributed by atoms with Crippen LogP contribution in [0.15, 0.2) is 48.5 Å². The Bertz CT molecular complexity index is 864. The second kappa shape index (κ2) is 6.67. The summed E-state index contributed by atoms with van der Waals surface area (Å²) < 4.78 is 1.66. The van der Waals surface area contributed by atoms with E-state index in [0.717, 1.165) is 5.69 Å². The Morgan fingerprint density at radius 2 is 2.00 bits per heavy atom. The van der Waals surface area contributed by atoms with Gasteiger partial charge in [-0.1, -0.05) is 29.8 Å². The van der Waals surface area contributed by atoms with E-state index < -0.39 is 5.91 Å². The molecule has 0 aliphatic heterocycles. The molecule has 3 N–H and O–H groups in total. The highest BCUT2D eigenvalue weighted by Gasteiger charge is 2.16. The van der Waals surface area contributed by atoms with Crippen LogP contribution in [0.5, 0.6) is 0 Å². The molecule has 7 nitrogen and oxygen atoms in total. The van der Waals surface area contributed by atoms with Gasteiger partial charge >= 0.3 is 0 Å². The number of halogens is 1. The van der Waals surface area contributed by atoms with E-state index in [1.807, 2.05) is 37.3 Å². The summed E-state index contributed by atoms with van der Waals surface area (Å²) in [7, 11) is 0. The molecule has 2 aromatic carbocycles. The molecular formula is C16H15ClN6O. The van der Waals surface area contributed by atoms with Gasteiger partial charge in [-0.2, -0.15) is 4.68 Å². The predicted octanol–water partition coefficient (Wildman–Crippen LogP) is 2.59. The minimum atomic E-state index is -0.578. The molecule has 1 atom stereocenters. The normalized spacial score (nSPS) is 11.9. The van der Waals surface area contributed by atoms with Crippen LogP contribution in [-0.4, -0.2) is 26.1 Å². The van der Waals surface area contributed by atoms with Crippen LogP contribution in [0.2, 0.25) is 5.02 Å². The van der Waals surface area contributed by atoms with Crippen LogP contribution in [0.1, 0.15) is 29.1 Å². The Labute approximate surface area is 143 Å². The number of hydrogen-bond donors (Lipinski definition) is 2. The lowest BCUT2D eigenvalue weighted by Crippen LogP contribution is -2.15. The topological polar surface area (TPSA) is 98.7 Å². The average molecular weight is 343 g/mol. The molecule has 0 aliphatic rings. The quantitative estimate of drug-likeness (QED) is 0.742. The molecule has 1 aromatic heterocycles. The van der Waals surface area contributed by atoms with Crippen LogP contribution in [0.25, 0.3) is 5.69 Å².